The van der Waals surface area contributed by atoms with Crippen LogP contribution < -0.4 is 11.1 Å². The van der Waals surface area contributed by atoms with E-state index in [2.05, 4.69) is 5.32 Å². The number of benzene rings is 1. The van der Waals surface area contributed by atoms with Gasteiger partial charge >= 0.3 is 0 Å². The van der Waals surface area contributed by atoms with Gasteiger partial charge in [0.25, 0.3) is 0 Å². The first-order valence-electron chi connectivity index (χ1n) is 6.02. The predicted molar refractivity (Wildman–Crippen MR) is 81.3 cm³/mol. The Morgan fingerprint density at radius 3 is 2.55 bits per heavy atom. The van der Waals surface area contributed by atoms with Crippen LogP contribution in [0.3, 0.4) is 0 Å². The number of anilines is 1. The van der Waals surface area contributed by atoms with Gasteiger partial charge in [-0.25, -0.2) is 0 Å². The first kappa shape index (κ1) is 14.0. The fourth-order valence-electron chi connectivity index (χ4n) is 1.63. The highest BCUT2D eigenvalue weighted by molar-refractivity contribution is 7.08. The lowest BCUT2D eigenvalue weighted by molar-refractivity contribution is -0.117. The fraction of sp³-hybridized carbons (Fsp3) is 0.0667. The molecule has 2 aromatic rings. The lowest BCUT2D eigenvalue weighted by Crippen LogP contribution is -2.13. The van der Waals surface area contributed by atoms with E-state index in [1.807, 2.05) is 16.8 Å². The van der Waals surface area contributed by atoms with Crippen LogP contribution in [0.1, 0.15) is 11.1 Å². The highest BCUT2D eigenvalue weighted by Gasteiger charge is 2.00. The quantitative estimate of drug-likeness (QED) is 0.829. The molecule has 0 spiro atoms. The van der Waals surface area contributed by atoms with E-state index in [0.717, 1.165) is 11.1 Å². The van der Waals surface area contributed by atoms with Gasteiger partial charge in [-0.1, -0.05) is 12.1 Å². The van der Waals surface area contributed by atoms with Crippen molar-refractivity contribution in [3.8, 4) is 0 Å². The van der Waals surface area contributed by atoms with Gasteiger partial charge in [-0.05, 0) is 46.2 Å². The molecule has 3 N–H and O–H groups in total. The van der Waals surface area contributed by atoms with Crippen LogP contribution in [0.4, 0.5) is 5.69 Å². The molecular formula is C15H14N2O2S. The second-order valence-electron chi connectivity index (χ2n) is 4.22. The number of primary amides is 1. The summed E-state index contributed by atoms with van der Waals surface area (Å²) < 4.78 is 0. The zero-order valence-corrected chi connectivity index (χ0v) is 11.5. The van der Waals surface area contributed by atoms with Crippen LogP contribution in [-0.2, 0) is 16.0 Å². The Morgan fingerprint density at radius 2 is 1.95 bits per heavy atom. The van der Waals surface area contributed by atoms with E-state index >= 15 is 0 Å². The van der Waals surface area contributed by atoms with Crippen molar-refractivity contribution < 1.29 is 9.59 Å². The van der Waals surface area contributed by atoms with Crippen LogP contribution in [0.2, 0.25) is 0 Å². The number of thiophene rings is 1. The van der Waals surface area contributed by atoms with Gasteiger partial charge < -0.3 is 11.1 Å². The van der Waals surface area contributed by atoms with Crippen molar-refractivity contribution in [3.05, 3.63) is 58.3 Å². The Balaban J connectivity index is 1.92. The minimum atomic E-state index is -0.375. The lowest BCUT2D eigenvalue weighted by atomic mass is 10.1. The van der Waals surface area contributed by atoms with Gasteiger partial charge in [-0.2, -0.15) is 11.3 Å². The second kappa shape index (κ2) is 6.68. The Morgan fingerprint density at radius 1 is 1.20 bits per heavy atom. The molecule has 20 heavy (non-hydrogen) atoms. The summed E-state index contributed by atoms with van der Waals surface area (Å²) in [6.45, 7) is 0. The van der Waals surface area contributed by atoms with Gasteiger partial charge in [0.2, 0.25) is 11.8 Å². The molecule has 2 amide bonds. The number of rotatable bonds is 5. The van der Waals surface area contributed by atoms with Crippen LogP contribution in [0.15, 0.2) is 47.2 Å². The van der Waals surface area contributed by atoms with Gasteiger partial charge in [0, 0.05) is 11.8 Å². The van der Waals surface area contributed by atoms with E-state index in [1.54, 1.807) is 41.7 Å². The summed E-state index contributed by atoms with van der Waals surface area (Å²) in [5, 5.41) is 6.66. The molecule has 1 aromatic carbocycles. The molecular weight excluding hydrogens is 272 g/mol. The average molecular weight is 286 g/mol. The monoisotopic (exact) mass is 286 g/mol. The van der Waals surface area contributed by atoms with Crippen molar-refractivity contribution >= 4 is 34.9 Å². The van der Waals surface area contributed by atoms with Crippen molar-refractivity contribution in [2.24, 2.45) is 5.73 Å². The van der Waals surface area contributed by atoms with Crippen molar-refractivity contribution in [1.82, 2.24) is 0 Å². The Hall–Kier alpha value is -2.40. The Kier molecular flexibility index (Phi) is 4.68. The third-order valence-electron chi connectivity index (χ3n) is 2.57. The first-order chi connectivity index (χ1) is 9.63. The lowest BCUT2D eigenvalue weighted by Gasteiger charge is -2.03. The topological polar surface area (TPSA) is 72.2 Å². The number of carbonyl (C=O) groups is 2. The Bertz CT molecular complexity index is 616. The number of nitrogens with two attached hydrogens (primary N) is 1. The SMILES string of the molecule is NC(=O)Cc1ccc(NC(=O)C=Cc2ccsc2)cc1. The molecule has 0 aliphatic heterocycles. The highest BCUT2D eigenvalue weighted by atomic mass is 32.1. The molecule has 0 aliphatic carbocycles. The van der Waals surface area contributed by atoms with Gasteiger partial charge in [-0.15, -0.1) is 0 Å². The van der Waals surface area contributed by atoms with Crippen LogP contribution in [0.5, 0.6) is 0 Å². The average Bonchev–Trinajstić information content (AvgIpc) is 2.91. The third-order valence-corrected chi connectivity index (χ3v) is 3.27. The van der Waals surface area contributed by atoms with Gasteiger partial charge in [0.1, 0.15) is 0 Å². The summed E-state index contributed by atoms with van der Waals surface area (Å²) in [5.41, 5.74) is 7.62. The Labute approximate surface area is 120 Å². The van der Waals surface area contributed by atoms with Gasteiger partial charge in [0.15, 0.2) is 0 Å². The minimum Gasteiger partial charge on any atom is -0.369 e. The molecule has 0 aliphatic rings. The summed E-state index contributed by atoms with van der Waals surface area (Å²) in [6, 6.07) is 8.96. The number of amides is 2. The summed E-state index contributed by atoms with van der Waals surface area (Å²) >= 11 is 1.58. The van der Waals surface area contributed by atoms with Crippen molar-refractivity contribution in [3.63, 3.8) is 0 Å². The number of carbonyl (C=O) groups excluding carboxylic acids is 2. The summed E-state index contributed by atoms with van der Waals surface area (Å²) in [5.74, 6) is -0.570. The molecule has 2 rings (SSSR count). The van der Waals surface area contributed by atoms with Crippen molar-refractivity contribution in [1.29, 1.82) is 0 Å². The summed E-state index contributed by atoms with van der Waals surface area (Å²) in [7, 11) is 0. The van der Waals surface area contributed by atoms with Crippen LogP contribution >= 0.6 is 11.3 Å². The normalized spacial score (nSPS) is 10.6. The van der Waals surface area contributed by atoms with E-state index in [1.165, 1.54) is 6.08 Å². The van der Waals surface area contributed by atoms with E-state index in [4.69, 9.17) is 5.73 Å². The molecule has 0 radical (unpaired) electrons. The van der Waals surface area contributed by atoms with E-state index in [9.17, 15) is 9.59 Å². The summed E-state index contributed by atoms with van der Waals surface area (Å²) in [4.78, 5) is 22.5. The van der Waals surface area contributed by atoms with Crippen LogP contribution in [0.25, 0.3) is 6.08 Å². The predicted octanol–water partition coefficient (Wildman–Crippen LogP) is 2.43. The molecule has 0 saturated carbocycles. The number of hydrogen-bond donors (Lipinski definition) is 2. The van der Waals surface area contributed by atoms with Crippen LogP contribution in [0, 0.1) is 0 Å². The van der Waals surface area contributed by atoms with E-state index in [0.29, 0.717) is 5.69 Å². The second-order valence-corrected chi connectivity index (χ2v) is 5.00. The maximum Gasteiger partial charge on any atom is 0.248 e. The number of hydrogen-bond acceptors (Lipinski definition) is 3. The molecule has 0 unspecified atom stereocenters. The largest absolute Gasteiger partial charge is 0.369 e. The standard InChI is InChI=1S/C15H14N2O2S/c16-14(18)9-11-1-4-13(5-2-11)17-15(19)6-3-12-7-8-20-10-12/h1-8,10H,9H2,(H2,16,18)(H,17,19). The molecule has 102 valence electrons. The minimum absolute atomic E-state index is 0.196. The van der Waals surface area contributed by atoms with Crippen molar-refractivity contribution in [2.75, 3.05) is 5.32 Å². The molecule has 4 nitrogen and oxygen atoms in total. The maximum absolute atomic E-state index is 11.7. The molecule has 1 heterocycles. The molecule has 0 bridgehead atoms. The molecule has 0 saturated heterocycles. The van der Waals surface area contributed by atoms with E-state index < -0.39 is 0 Å². The van der Waals surface area contributed by atoms with Crippen molar-refractivity contribution in [2.45, 2.75) is 6.42 Å². The number of nitrogens with one attached hydrogen (secondary N) is 1. The summed E-state index contributed by atoms with van der Waals surface area (Å²) in [6.07, 6.45) is 3.44. The smallest absolute Gasteiger partial charge is 0.248 e. The van der Waals surface area contributed by atoms with Crippen LogP contribution in [-0.4, -0.2) is 11.8 Å². The maximum atomic E-state index is 11.7. The molecule has 5 heteroatoms. The molecule has 0 fully saturated rings. The fourth-order valence-corrected chi connectivity index (χ4v) is 2.26. The van der Waals surface area contributed by atoms with Gasteiger partial charge in [0.05, 0.1) is 6.42 Å². The third kappa shape index (κ3) is 4.37. The zero-order chi connectivity index (χ0) is 14.4. The molecule has 0 atom stereocenters. The first-order valence-corrected chi connectivity index (χ1v) is 6.96. The van der Waals surface area contributed by atoms with E-state index in [-0.39, 0.29) is 18.2 Å². The molecule has 1 aromatic heterocycles. The zero-order valence-electron chi connectivity index (χ0n) is 10.7. The van der Waals surface area contributed by atoms with Gasteiger partial charge in [-0.3, -0.25) is 9.59 Å². The highest BCUT2D eigenvalue weighted by Crippen LogP contribution is 2.11.